The van der Waals surface area contributed by atoms with Gasteiger partial charge in [-0.1, -0.05) is 54.3 Å². The number of carbonyl (C=O) groups is 2. The first-order chi connectivity index (χ1) is 13.6. The van der Waals surface area contributed by atoms with Crippen molar-refractivity contribution >= 4 is 11.9 Å². The van der Waals surface area contributed by atoms with Gasteiger partial charge in [0.05, 0.1) is 25.8 Å². The van der Waals surface area contributed by atoms with Crippen LogP contribution in [0.2, 0.25) is 0 Å². The molecule has 1 aromatic rings. The number of aliphatic hydroxyl groups excluding tert-OH is 1. The van der Waals surface area contributed by atoms with Gasteiger partial charge in [0.2, 0.25) is 5.91 Å². The van der Waals surface area contributed by atoms with Crippen molar-refractivity contribution in [2.45, 2.75) is 37.8 Å². The van der Waals surface area contributed by atoms with Crippen LogP contribution in [-0.2, 0) is 25.5 Å². The van der Waals surface area contributed by atoms with E-state index in [1.54, 1.807) is 11.0 Å². The SMILES string of the molecule is COC(=O)COCC#CCN1C(=O)CCCC1C=CC(O)Cc1ccccc1. The third-order valence-corrected chi connectivity index (χ3v) is 4.45. The largest absolute Gasteiger partial charge is 0.467 e. The molecule has 6 heteroatoms. The van der Waals surface area contributed by atoms with E-state index in [0.717, 1.165) is 18.4 Å². The van der Waals surface area contributed by atoms with Crippen LogP contribution in [0.15, 0.2) is 42.5 Å². The highest BCUT2D eigenvalue weighted by Crippen LogP contribution is 2.19. The van der Waals surface area contributed by atoms with E-state index in [-0.39, 0.29) is 25.2 Å². The van der Waals surface area contributed by atoms with Crippen LogP contribution in [0, 0.1) is 11.8 Å². The number of carbonyl (C=O) groups excluding carboxylic acids is 2. The van der Waals surface area contributed by atoms with Crippen LogP contribution in [0.4, 0.5) is 0 Å². The van der Waals surface area contributed by atoms with Crippen molar-refractivity contribution in [3.05, 3.63) is 48.0 Å². The summed E-state index contributed by atoms with van der Waals surface area (Å²) >= 11 is 0. The molecule has 0 saturated carbocycles. The van der Waals surface area contributed by atoms with E-state index in [1.165, 1.54) is 7.11 Å². The molecule has 6 nitrogen and oxygen atoms in total. The molecule has 1 heterocycles. The number of aliphatic hydroxyl groups is 1. The number of benzene rings is 1. The van der Waals surface area contributed by atoms with Crippen molar-refractivity contribution in [2.75, 3.05) is 26.9 Å². The Hall–Kier alpha value is -2.62. The molecule has 150 valence electrons. The van der Waals surface area contributed by atoms with E-state index in [2.05, 4.69) is 16.6 Å². The lowest BCUT2D eigenvalue weighted by Gasteiger charge is -2.32. The highest BCUT2D eigenvalue weighted by Gasteiger charge is 2.25. The van der Waals surface area contributed by atoms with Crippen molar-refractivity contribution in [1.82, 2.24) is 4.90 Å². The second-order valence-corrected chi connectivity index (χ2v) is 6.55. The molecule has 1 saturated heterocycles. The van der Waals surface area contributed by atoms with E-state index in [1.807, 2.05) is 36.4 Å². The van der Waals surface area contributed by atoms with Crippen molar-refractivity contribution in [3.8, 4) is 11.8 Å². The smallest absolute Gasteiger partial charge is 0.331 e. The van der Waals surface area contributed by atoms with Crippen LogP contribution >= 0.6 is 0 Å². The molecule has 2 unspecified atom stereocenters. The average Bonchev–Trinajstić information content (AvgIpc) is 2.70. The van der Waals surface area contributed by atoms with Crippen molar-refractivity contribution in [3.63, 3.8) is 0 Å². The number of nitrogens with zero attached hydrogens (tertiary/aromatic N) is 1. The van der Waals surface area contributed by atoms with Crippen molar-refractivity contribution in [2.24, 2.45) is 0 Å². The van der Waals surface area contributed by atoms with Gasteiger partial charge in [0.1, 0.15) is 13.2 Å². The van der Waals surface area contributed by atoms with Crippen molar-refractivity contribution < 1.29 is 24.2 Å². The van der Waals surface area contributed by atoms with Gasteiger partial charge < -0.3 is 19.5 Å². The van der Waals surface area contributed by atoms with Crippen LogP contribution in [-0.4, -0.2) is 60.9 Å². The number of ether oxygens (including phenoxy) is 2. The summed E-state index contributed by atoms with van der Waals surface area (Å²) in [5.74, 6) is 5.33. The maximum Gasteiger partial charge on any atom is 0.331 e. The summed E-state index contributed by atoms with van der Waals surface area (Å²) in [6, 6.07) is 9.72. The van der Waals surface area contributed by atoms with Crippen LogP contribution in [0.5, 0.6) is 0 Å². The molecule has 2 atom stereocenters. The minimum atomic E-state index is -0.598. The minimum absolute atomic E-state index is 0.0585. The number of methoxy groups -OCH3 is 1. The van der Waals surface area contributed by atoms with E-state index in [9.17, 15) is 14.7 Å². The fourth-order valence-electron chi connectivity index (χ4n) is 2.97. The Labute approximate surface area is 166 Å². The molecule has 1 N–H and O–H groups in total. The number of amides is 1. The van der Waals surface area contributed by atoms with E-state index in [0.29, 0.717) is 19.4 Å². The molecule has 1 aliphatic heterocycles. The molecule has 2 rings (SSSR count). The van der Waals surface area contributed by atoms with Gasteiger partial charge in [0.25, 0.3) is 0 Å². The van der Waals surface area contributed by atoms with Crippen LogP contribution in [0.25, 0.3) is 0 Å². The molecular formula is C22H27NO5. The van der Waals surface area contributed by atoms with Gasteiger partial charge in [0, 0.05) is 12.8 Å². The fraction of sp³-hybridized carbons (Fsp3) is 0.455. The summed E-state index contributed by atoms with van der Waals surface area (Å²) in [6.07, 6.45) is 5.79. The molecule has 1 aromatic carbocycles. The summed E-state index contributed by atoms with van der Waals surface area (Å²) in [7, 11) is 1.30. The van der Waals surface area contributed by atoms with Gasteiger partial charge in [-0.3, -0.25) is 4.79 Å². The topological polar surface area (TPSA) is 76.1 Å². The third kappa shape index (κ3) is 7.55. The zero-order valence-corrected chi connectivity index (χ0v) is 16.2. The normalized spacial score (nSPS) is 17.9. The summed E-state index contributed by atoms with van der Waals surface area (Å²) in [4.78, 5) is 24.9. The summed E-state index contributed by atoms with van der Waals surface area (Å²) in [5.41, 5.74) is 1.06. The Morgan fingerprint density at radius 1 is 1.36 bits per heavy atom. The minimum Gasteiger partial charge on any atom is -0.467 e. The zero-order chi connectivity index (χ0) is 20.2. The van der Waals surface area contributed by atoms with E-state index >= 15 is 0 Å². The molecule has 0 aromatic heterocycles. The first-order valence-electron chi connectivity index (χ1n) is 9.40. The highest BCUT2D eigenvalue weighted by atomic mass is 16.6. The molecule has 0 radical (unpaired) electrons. The van der Waals surface area contributed by atoms with Gasteiger partial charge >= 0.3 is 5.97 Å². The van der Waals surface area contributed by atoms with Crippen LogP contribution in [0.3, 0.4) is 0 Å². The highest BCUT2D eigenvalue weighted by molar-refractivity contribution is 5.78. The second-order valence-electron chi connectivity index (χ2n) is 6.55. The first kappa shape index (κ1) is 21.7. The van der Waals surface area contributed by atoms with Gasteiger partial charge in [-0.05, 0) is 18.4 Å². The van der Waals surface area contributed by atoms with Crippen LogP contribution < -0.4 is 0 Å². The maximum atomic E-state index is 12.3. The molecule has 0 spiro atoms. The lowest BCUT2D eigenvalue weighted by molar-refractivity contribution is -0.145. The zero-order valence-electron chi connectivity index (χ0n) is 16.2. The molecule has 0 aliphatic carbocycles. The van der Waals surface area contributed by atoms with Crippen molar-refractivity contribution in [1.29, 1.82) is 0 Å². The third-order valence-electron chi connectivity index (χ3n) is 4.45. The number of likely N-dealkylation sites (tertiary alicyclic amines) is 1. The van der Waals surface area contributed by atoms with Gasteiger partial charge in [-0.2, -0.15) is 0 Å². The van der Waals surface area contributed by atoms with Crippen LogP contribution in [0.1, 0.15) is 24.8 Å². The monoisotopic (exact) mass is 385 g/mol. The summed E-state index contributed by atoms with van der Waals surface area (Å²) in [6.45, 7) is 0.260. The predicted octanol–water partition coefficient (Wildman–Crippen LogP) is 1.72. The van der Waals surface area contributed by atoms with Gasteiger partial charge in [-0.15, -0.1) is 0 Å². The molecular weight excluding hydrogens is 358 g/mol. The Kier molecular flexibility index (Phi) is 9.26. The number of piperidine rings is 1. The first-order valence-corrected chi connectivity index (χ1v) is 9.40. The lowest BCUT2D eigenvalue weighted by atomic mass is 9.99. The summed E-state index contributed by atoms with van der Waals surface area (Å²) < 4.78 is 9.54. The fourth-order valence-corrected chi connectivity index (χ4v) is 2.97. The Morgan fingerprint density at radius 3 is 2.89 bits per heavy atom. The molecule has 28 heavy (non-hydrogen) atoms. The number of esters is 1. The number of hydrogen-bond donors (Lipinski definition) is 1. The Morgan fingerprint density at radius 2 is 2.14 bits per heavy atom. The number of hydrogen-bond acceptors (Lipinski definition) is 5. The Bertz CT molecular complexity index is 719. The quantitative estimate of drug-likeness (QED) is 0.319. The molecule has 0 bridgehead atoms. The molecule has 1 fully saturated rings. The van der Waals surface area contributed by atoms with Gasteiger partial charge in [0.15, 0.2) is 0 Å². The van der Waals surface area contributed by atoms with E-state index in [4.69, 9.17) is 4.74 Å². The molecule has 1 amide bonds. The lowest BCUT2D eigenvalue weighted by Crippen LogP contribution is -2.42. The average molecular weight is 385 g/mol. The van der Waals surface area contributed by atoms with Gasteiger partial charge in [-0.25, -0.2) is 4.79 Å². The maximum absolute atomic E-state index is 12.3. The standard InChI is InChI=1S/C22H27NO5/c1-27-22(26)17-28-15-6-5-14-23-19(10-7-11-21(23)25)12-13-20(24)16-18-8-3-2-4-9-18/h2-4,8-9,12-13,19-20,24H,7,10-11,14-17H2,1H3. The number of rotatable bonds is 8. The second kappa shape index (κ2) is 12.0. The summed E-state index contributed by atoms with van der Waals surface area (Å²) in [5, 5.41) is 10.3. The predicted molar refractivity (Wildman–Crippen MR) is 105 cm³/mol. The molecule has 1 aliphatic rings. The van der Waals surface area contributed by atoms with E-state index < -0.39 is 12.1 Å². The Balaban J connectivity index is 1.85.